The van der Waals surface area contributed by atoms with Crippen LogP contribution in [-0.4, -0.2) is 12.5 Å². The lowest BCUT2D eigenvalue weighted by Gasteiger charge is -2.24. The molecule has 4 heteroatoms. The van der Waals surface area contributed by atoms with E-state index in [9.17, 15) is 4.79 Å². The van der Waals surface area contributed by atoms with Crippen molar-refractivity contribution in [1.82, 2.24) is 5.32 Å². The fraction of sp³-hybridized carbons (Fsp3) is 0.353. The normalized spacial score (nSPS) is 12.6. The van der Waals surface area contributed by atoms with Crippen molar-refractivity contribution in [3.8, 4) is 0 Å². The molecule has 1 atom stereocenters. The summed E-state index contributed by atoms with van der Waals surface area (Å²) < 4.78 is 0. The molecular weight excluding hydrogens is 284 g/mol. The van der Waals surface area contributed by atoms with Crippen molar-refractivity contribution in [3.63, 3.8) is 0 Å². The van der Waals surface area contributed by atoms with Crippen molar-refractivity contribution >= 4 is 29.1 Å². The molecule has 1 amide bonds. The molecule has 0 saturated carbocycles. The maximum Gasteiger partial charge on any atom is 0.225 e. The molecule has 2 rings (SSSR count). The van der Waals surface area contributed by atoms with Crippen LogP contribution in [0.3, 0.4) is 0 Å². The van der Waals surface area contributed by atoms with Crippen LogP contribution in [0, 0.1) is 5.41 Å². The maximum absolute atomic E-state index is 12.1. The summed E-state index contributed by atoms with van der Waals surface area (Å²) in [5.41, 5.74) is 6.46. The van der Waals surface area contributed by atoms with E-state index < -0.39 is 5.41 Å². The van der Waals surface area contributed by atoms with Crippen molar-refractivity contribution in [2.24, 2.45) is 11.1 Å². The highest BCUT2D eigenvalue weighted by atomic mass is 35.5. The van der Waals surface area contributed by atoms with Crippen LogP contribution in [0.1, 0.15) is 32.4 Å². The zero-order valence-electron chi connectivity index (χ0n) is 12.7. The summed E-state index contributed by atoms with van der Waals surface area (Å²) in [7, 11) is 0. The molecule has 3 N–H and O–H groups in total. The summed E-state index contributed by atoms with van der Waals surface area (Å²) in [5.74, 6) is 0.0149. The first-order valence-electron chi connectivity index (χ1n) is 6.91. The Kier molecular flexibility index (Phi) is 5.76. The Morgan fingerprint density at radius 1 is 1.14 bits per heavy atom. The van der Waals surface area contributed by atoms with Crippen LogP contribution in [0.25, 0.3) is 10.8 Å². The van der Waals surface area contributed by atoms with Crippen LogP contribution in [0.5, 0.6) is 0 Å². The first-order valence-corrected chi connectivity index (χ1v) is 6.91. The Morgan fingerprint density at radius 2 is 1.76 bits per heavy atom. The van der Waals surface area contributed by atoms with E-state index in [4.69, 9.17) is 5.73 Å². The first kappa shape index (κ1) is 17.5. The smallest absolute Gasteiger partial charge is 0.225 e. The lowest BCUT2D eigenvalue weighted by Crippen LogP contribution is -2.40. The largest absolute Gasteiger partial charge is 0.348 e. The third-order valence-electron chi connectivity index (χ3n) is 3.40. The summed E-state index contributed by atoms with van der Waals surface area (Å²) in [4.78, 5) is 12.1. The third kappa shape index (κ3) is 4.19. The van der Waals surface area contributed by atoms with Crippen LogP contribution in [-0.2, 0) is 4.79 Å². The lowest BCUT2D eigenvalue weighted by molar-refractivity contribution is -0.129. The van der Waals surface area contributed by atoms with Gasteiger partial charge in [0.1, 0.15) is 0 Å². The van der Waals surface area contributed by atoms with Gasteiger partial charge in [-0.3, -0.25) is 4.79 Å². The molecule has 21 heavy (non-hydrogen) atoms. The highest BCUT2D eigenvalue weighted by Crippen LogP contribution is 2.21. The molecule has 1 unspecified atom stereocenters. The SMILES string of the molecule is CC(C)(C)C(=O)NC(CN)c1ccc2ccccc2c1.Cl. The number of fused-ring (bicyclic) bond motifs is 1. The number of nitrogens with one attached hydrogen (secondary N) is 1. The average molecular weight is 307 g/mol. The van der Waals surface area contributed by atoms with Crippen LogP contribution < -0.4 is 11.1 Å². The van der Waals surface area contributed by atoms with E-state index in [0.717, 1.165) is 10.9 Å². The molecule has 2 aromatic rings. The van der Waals surface area contributed by atoms with Gasteiger partial charge in [-0.15, -0.1) is 12.4 Å². The second kappa shape index (κ2) is 6.92. The highest BCUT2D eigenvalue weighted by Gasteiger charge is 2.24. The van der Waals surface area contributed by atoms with Gasteiger partial charge in [-0.05, 0) is 22.4 Å². The highest BCUT2D eigenvalue weighted by molar-refractivity contribution is 5.85. The second-order valence-electron chi connectivity index (χ2n) is 6.12. The van der Waals surface area contributed by atoms with Gasteiger partial charge in [0.2, 0.25) is 5.91 Å². The van der Waals surface area contributed by atoms with Crippen molar-refractivity contribution in [1.29, 1.82) is 0 Å². The molecule has 0 aliphatic heterocycles. The molecule has 3 nitrogen and oxygen atoms in total. The molecule has 0 bridgehead atoms. The van der Waals surface area contributed by atoms with Crippen LogP contribution in [0.4, 0.5) is 0 Å². The minimum atomic E-state index is -0.412. The third-order valence-corrected chi connectivity index (χ3v) is 3.40. The number of carbonyl (C=O) groups excluding carboxylic acids is 1. The predicted molar refractivity (Wildman–Crippen MR) is 90.6 cm³/mol. The molecule has 0 heterocycles. The van der Waals surface area contributed by atoms with E-state index in [1.54, 1.807) is 0 Å². The number of nitrogens with two attached hydrogens (primary N) is 1. The van der Waals surface area contributed by atoms with Crippen LogP contribution in [0.2, 0.25) is 0 Å². The van der Waals surface area contributed by atoms with Gasteiger partial charge in [-0.2, -0.15) is 0 Å². The number of hydrogen-bond donors (Lipinski definition) is 2. The molecule has 0 aliphatic rings. The summed E-state index contributed by atoms with van der Waals surface area (Å²) >= 11 is 0. The summed E-state index contributed by atoms with van der Waals surface area (Å²) in [6, 6.07) is 14.2. The van der Waals surface area contributed by atoms with Crippen molar-refractivity contribution in [2.45, 2.75) is 26.8 Å². The van der Waals surface area contributed by atoms with E-state index in [0.29, 0.717) is 6.54 Å². The van der Waals surface area contributed by atoms with Gasteiger partial charge in [0, 0.05) is 12.0 Å². The van der Waals surface area contributed by atoms with Gasteiger partial charge >= 0.3 is 0 Å². The molecule has 0 spiro atoms. The number of carbonyl (C=O) groups is 1. The average Bonchev–Trinajstić information content (AvgIpc) is 2.43. The van der Waals surface area contributed by atoms with Gasteiger partial charge < -0.3 is 11.1 Å². The van der Waals surface area contributed by atoms with E-state index in [-0.39, 0.29) is 24.4 Å². The Hall–Kier alpha value is -1.58. The number of rotatable bonds is 3. The quantitative estimate of drug-likeness (QED) is 0.913. The van der Waals surface area contributed by atoms with E-state index >= 15 is 0 Å². The zero-order chi connectivity index (χ0) is 14.8. The number of hydrogen-bond acceptors (Lipinski definition) is 2. The zero-order valence-corrected chi connectivity index (χ0v) is 13.5. The van der Waals surface area contributed by atoms with Crippen molar-refractivity contribution in [2.75, 3.05) is 6.54 Å². The molecule has 0 aromatic heterocycles. The lowest BCUT2D eigenvalue weighted by atomic mass is 9.94. The van der Waals surface area contributed by atoms with Crippen molar-refractivity contribution in [3.05, 3.63) is 48.0 Å². The van der Waals surface area contributed by atoms with Crippen molar-refractivity contribution < 1.29 is 4.79 Å². The first-order chi connectivity index (χ1) is 9.41. The minimum Gasteiger partial charge on any atom is -0.348 e. The van der Waals surface area contributed by atoms with Gasteiger partial charge in [0.05, 0.1) is 6.04 Å². The standard InChI is InChI=1S/C17H22N2O.ClH/c1-17(2,3)16(20)19-15(11-18)14-9-8-12-6-4-5-7-13(12)10-14;/h4-10,15H,11,18H2,1-3H3,(H,19,20);1H. The van der Waals surface area contributed by atoms with E-state index in [1.807, 2.05) is 39.0 Å². The second-order valence-corrected chi connectivity index (χ2v) is 6.12. The molecule has 2 aromatic carbocycles. The fourth-order valence-electron chi connectivity index (χ4n) is 2.08. The summed E-state index contributed by atoms with van der Waals surface area (Å²) in [6.45, 7) is 6.09. The maximum atomic E-state index is 12.1. The van der Waals surface area contributed by atoms with Crippen LogP contribution in [0.15, 0.2) is 42.5 Å². The van der Waals surface area contributed by atoms with E-state index in [1.165, 1.54) is 5.39 Å². The fourth-order valence-corrected chi connectivity index (χ4v) is 2.08. The monoisotopic (exact) mass is 306 g/mol. The molecule has 0 saturated heterocycles. The summed E-state index contributed by atoms with van der Waals surface area (Å²) in [5, 5.41) is 5.37. The Labute approximate surface area is 132 Å². The van der Waals surface area contributed by atoms with Gasteiger partial charge in [-0.25, -0.2) is 0 Å². The van der Waals surface area contributed by atoms with Gasteiger partial charge in [-0.1, -0.05) is 57.2 Å². The Balaban J connectivity index is 0.00000220. The molecule has 0 aliphatic carbocycles. The predicted octanol–water partition coefficient (Wildman–Crippen LogP) is 3.42. The molecule has 0 fully saturated rings. The Morgan fingerprint density at radius 3 is 2.33 bits per heavy atom. The molecule has 114 valence electrons. The van der Waals surface area contributed by atoms with Crippen LogP contribution >= 0.6 is 12.4 Å². The van der Waals surface area contributed by atoms with E-state index in [2.05, 4.69) is 29.6 Å². The van der Waals surface area contributed by atoms with Gasteiger partial charge in [0.15, 0.2) is 0 Å². The Bertz CT molecular complexity index is 619. The molecule has 0 radical (unpaired) electrons. The molecular formula is C17H23ClN2O. The number of halogens is 1. The minimum absolute atomic E-state index is 0. The topological polar surface area (TPSA) is 55.1 Å². The number of benzene rings is 2. The summed E-state index contributed by atoms with van der Waals surface area (Å²) in [6.07, 6.45) is 0. The van der Waals surface area contributed by atoms with Gasteiger partial charge in [0.25, 0.3) is 0 Å². The number of amides is 1.